The molecule has 0 amide bonds. The van der Waals surface area contributed by atoms with E-state index in [4.69, 9.17) is 4.74 Å². The molecule has 3 aromatic carbocycles. The van der Waals surface area contributed by atoms with E-state index in [0.717, 1.165) is 35.4 Å². The van der Waals surface area contributed by atoms with Crippen molar-refractivity contribution in [2.45, 2.75) is 62.0 Å². The quantitative estimate of drug-likeness (QED) is 0.252. The first-order chi connectivity index (χ1) is 17.5. The van der Waals surface area contributed by atoms with E-state index in [0.29, 0.717) is 6.04 Å². The lowest BCUT2D eigenvalue weighted by atomic mass is 9.95. The summed E-state index contributed by atoms with van der Waals surface area (Å²) >= 11 is 0. The maximum atomic E-state index is 13.1. The highest BCUT2D eigenvalue weighted by Gasteiger charge is 2.55. The third-order valence-electron chi connectivity index (χ3n) is 7.27. The fraction of sp³-hybridized carbons (Fsp3) is 0.345. The molecule has 1 unspecified atom stereocenters. The molecule has 0 spiro atoms. The monoisotopic (exact) mass is 503 g/mol. The lowest BCUT2D eigenvalue weighted by Crippen LogP contribution is -2.28. The van der Waals surface area contributed by atoms with E-state index in [2.05, 4.69) is 39.1 Å². The fourth-order valence-corrected chi connectivity index (χ4v) is 6.14. The molecule has 1 heterocycles. The van der Waals surface area contributed by atoms with Gasteiger partial charge in [0.1, 0.15) is 5.75 Å². The van der Waals surface area contributed by atoms with E-state index in [1.54, 1.807) is 31.4 Å². The summed E-state index contributed by atoms with van der Waals surface area (Å²) in [6, 6.07) is 25.6. The highest BCUT2D eigenvalue weighted by atomic mass is 32.2. The number of hydrogen-bond acceptors (Lipinski definition) is 5. The van der Waals surface area contributed by atoms with Gasteiger partial charge in [-0.15, -0.1) is 0 Å². The highest BCUT2D eigenvalue weighted by molar-refractivity contribution is 7.89. The maximum Gasteiger partial charge on any atom is 0.276 e. The van der Waals surface area contributed by atoms with Crippen LogP contribution in [0.25, 0.3) is 0 Å². The number of aryl methyl sites for hydroxylation is 1. The van der Waals surface area contributed by atoms with Crippen molar-refractivity contribution < 1.29 is 13.2 Å². The van der Waals surface area contributed by atoms with E-state index < -0.39 is 10.0 Å². The van der Waals surface area contributed by atoms with Gasteiger partial charge < -0.3 is 4.74 Å². The van der Waals surface area contributed by atoms with Crippen LogP contribution in [0.3, 0.4) is 0 Å². The molecule has 1 saturated carbocycles. The van der Waals surface area contributed by atoms with Gasteiger partial charge in [0.05, 0.1) is 29.8 Å². The van der Waals surface area contributed by atoms with Crippen LogP contribution in [-0.2, 0) is 10.0 Å². The number of rotatable bonds is 8. The first-order valence-corrected chi connectivity index (χ1v) is 14.1. The molecule has 1 N–H and O–H groups in total. The molecule has 6 nitrogen and oxygen atoms in total. The zero-order valence-corrected chi connectivity index (χ0v) is 21.6. The topological polar surface area (TPSA) is 70.8 Å². The smallest absolute Gasteiger partial charge is 0.276 e. The first-order valence-electron chi connectivity index (χ1n) is 12.6. The average Bonchev–Trinajstić information content (AvgIpc) is 3.66. The number of ether oxygens (including phenoxy) is 1. The minimum Gasteiger partial charge on any atom is -0.497 e. The van der Waals surface area contributed by atoms with Gasteiger partial charge in [0, 0.05) is 6.04 Å². The van der Waals surface area contributed by atoms with Crippen LogP contribution in [0.5, 0.6) is 5.75 Å². The summed E-state index contributed by atoms with van der Waals surface area (Å²) in [5.74, 6) is 0.748. The zero-order chi connectivity index (χ0) is 25.1. The molecule has 0 aromatic heterocycles. The molecule has 7 heteroatoms. The molecule has 3 atom stereocenters. The number of methoxy groups -OCH3 is 1. The van der Waals surface area contributed by atoms with E-state index in [1.807, 2.05) is 37.3 Å². The Kier molecular flexibility index (Phi) is 7.12. The number of hydrogen-bond donors (Lipinski definition) is 1. The molecule has 3 aromatic rings. The van der Waals surface area contributed by atoms with Gasteiger partial charge in [0.2, 0.25) is 0 Å². The molecule has 2 fully saturated rings. The minimum atomic E-state index is -3.80. The summed E-state index contributed by atoms with van der Waals surface area (Å²) in [6.07, 6.45) is 6.05. The summed E-state index contributed by atoms with van der Waals surface area (Å²) < 4.78 is 31.6. The Labute approximate surface area is 214 Å². The molecule has 188 valence electrons. The molecule has 36 heavy (non-hydrogen) atoms. The zero-order valence-electron chi connectivity index (χ0n) is 20.8. The molecule has 1 saturated heterocycles. The van der Waals surface area contributed by atoms with Crippen LogP contribution >= 0.6 is 0 Å². The number of nitrogens with zero attached hydrogens (tertiary/aromatic N) is 2. The lowest BCUT2D eigenvalue weighted by molar-refractivity contribution is 0.277. The van der Waals surface area contributed by atoms with Gasteiger partial charge >= 0.3 is 0 Å². The van der Waals surface area contributed by atoms with Gasteiger partial charge in [-0.1, -0.05) is 67.3 Å². The predicted octanol–water partition coefficient (Wildman–Crippen LogP) is 5.44. The Bertz CT molecular complexity index is 1300. The van der Waals surface area contributed by atoms with Crippen LogP contribution in [0.15, 0.2) is 88.9 Å². The predicted molar refractivity (Wildman–Crippen MR) is 143 cm³/mol. The summed E-state index contributed by atoms with van der Waals surface area (Å²) in [5.41, 5.74) is 3.85. The van der Waals surface area contributed by atoms with Crippen LogP contribution in [0.1, 0.15) is 54.8 Å². The van der Waals surface area contributed by atoms with Crippen LogP contribution in [0.2, 0.25) is 0 Å². The summed E-state index contributed by atoms with van der Waals surface area (Å²) in [7, 11) is -2.17. The van der Waals surface area contributed by atoms with Gasteiger partial charge in [0.15, 0.2) is 0 Å². The molecule has 1 aliphatic heterocycles. The fourth-order valence-electron chi connectivity index (χ4n) is 5.32. The van der Waals surface area contributed by atoms with Crippen molar-refractivity contribution in [2.24, 2.45) is 5.10 Å². The number of benzene rings is 3. The normalized spacial score (nSPS) is 22.7. The van der Waals surface area contributed by atoms with Gasteiger partial charge in [-0.2, -0.15) is 18.4 Å². The Balaban J connectivity index is 1.53. The number of nitrogens with one attached hydrogen (secondary N) is 1. The second kappa shape index (κ2) is 10.4. The number of sulfonamides is 1. The lowest BCUT2D eigenvalue weighted by Gasteiger charge is -2.24. The van der Waals surface area contributed by atoms with E-state index >= 15 is 0 Å². The Morgan fingerprint density at radius 2 is 1.58 bits per heavy atom. The van der Waals surface area contributed by atoms with Gasteiger partial charge in [-0.3, -0.25) is 4.90 Å². The van der Waals surface area contributed by atoms with Crippen molar-refractivity contribution in [1.82, 2.24) is 9.73 Å². The van der Waals surface area contributed by atoms with Crippen molar-refractivity contribution in [3.63, 3.8) is 0 Å². The third-order valence-corrected chi connectivity index (χ3v) is 8.50. The van der Waals surface area contributed by atoms with Gasteiger partial charge in [-0.05, 0) is 67.3 Å². The molecule has 0 bridgehead atoms. The molecule has 5 rings (SSSR count). The second-order valence-electron chi connectivity index (χ2n) is 9.67. The number of hydrazone groups is 1. The van der Waals surface area contributed by atoms with Gasteiger partial charge in [-0.25, -0.2) is 0 Å². The largest absolute Gasteiger partial charge is 0.497 e. The highest BCUT2D eigenvalue weighted by Crippen LogP contribution is 2.49. The van der Waals surface area contributed by atoms with Crippen molar-refractivity contribution >= 4 is 15.7 Å². The maximum absolute atomic E-state index is 13.1. The van der Waals surface area contributed by atoms with Crippen molar-refractivity contribution in [1.29, 1.82) is 0 Å². The molecule has 1 aliphatic carbocycles. The second-order valence-corrected chi connectivity index (χ2v) is 11.3. The molecular formula is C29H33N3O3S. The Morgan fingerprint density at radius 3 is 2.22 bits per heavy atom. The summed E-state index contributed by atoms with van der Waals surface area (Å²) in [5, 5.41) is 4.60. The minimum absolute atomic E-state index is 0.00962. The molecule has 0 radical (unpaired) electrons. The molecule has 2 aliphatic rings. The van der Waals surface area contributed by atoms with Crippen LogP contribution in [-0.4, -0.2) is 38.2 Å². The average molecular weight is 504 g/mol. The SMILES string of the molecule is COc1ccc(/C(=N/NS(=O)(=O)c2ccc(C)cc2)[C@H]2[C@@H](c3ccccc3)N2C2CCCCC2)cc1. The van der Waals surface area contributed by atoms with E-state index in [9.17, 15) is 8.42 Å². The summed E-state index contributed by atoms with van der Waals surface area (Å²) in [4.78, 5) is 5.27. The Hall–Kier alpha value is -3.16. The summed E-state index contributed by atoms with van der Waals surface area (Å²) in [6.45, 7) is 1.93. The van der Waals surface area contributed by atoms with Crippen molar-refractivity contribution in [3.8, 4) is 5.75 Å². The van der Waals surface area contributed by atoms with Crippen molar-refractivity contribution in [2.75, 3.05) is 7.11 Å². The third kappa shape index (κ3) is 5.18. The van der Waals surface area contributed by atoms with Crippen molar-refractivity contribution in [3.05, 3.63) is 95.6 Å². The first kappa shape index (κ1) is 24.5. The van der Waals surface area contributed by atoms with Crippen LogP contribution in [0, 0.1) is 6.92 Å². The van der Waals surface area contributed by atoms with E-state index in [-0.39, 0.29) is 17.0 Å². The van der Waals surface area contributed by atoms with Gasteiger partial charge in [0.25, 0.3) is 10.0 Å². The van der Waals surface area contributed by atoms with Crippen LogP contribution < -0.4 is 9.57 Å². The molecular weight excluding hydrogens is 470 g/mol. The Morgan fingerprint density at radius 1 is 0.917 bits per heavy atom. The van der Waals surface area contributed by atoms with Crippen LogP contribution in [0.4, 0.5) is 0 Å². The standard InChI is InChI=1S/C29H33N3O3S/c1-21-13-19-26(20-14-21)36(33,34)31-30-27(22-15-17-25(35-2)18-16-22)29-28(23-9-5-3-6-10-23)32(29)24-11-7-4-8-12-24/h3,5-6,9-10,13-20,24,28-29,31H,4,7-8,11-12H2,1-2H3/b30-27-/t28-,29+,32?/m1/s1. The van der Waals surface area contributed by atoms with E-state index in [1.165, 1.54) is 24.8 Å².